The summed E-state index contributed by atoms with van der Waals surface area (Å²) in [5.41, 5.74) is 2.90. The number of halogens is 2. The van der Waals surface area contributed by atoms with Gasteiger partial charge in [-0.2, -0.15) is 0 Å². The van der Waals surface area contributed by atoms with E-state index in [9.17, 15) is 0 Å². The number of hydrogen-bond donors (Lipinski definition) is 0. The van der Waals surface area contributed by atoms with Gasteiger partial charge in [0.05, 0.1) is 0 Å². The van der Waals surface area contributed by atoms with Crippen molar-refractivity contribution in [2.24, 2.45) is 0 Å². The molecule has 0 unspecified atom stereocenters. The molecule has 4 aromatic carbocycles. The number of para-hydroxylation sites is 1. The van der Waals surface area contributed by atoms with Crippen LogP contribution in [0.5, 0.6) is 23.0 Å². The van der Waals surface area contributed by atoms with Gasteiger partial charge in [0.25, 0.3) is 0 Å². The second kappa shape index (κ2) is 5.31. The molecule has 0 aromatic heterocycles. The van der Waals surface area contributed by atoms with E-state index in [1.54, 1.807) is 0 Å². The SMILES string of the molecule is ClP12(Cl)c3c4cccc3Oc3cccc(c31)N(c1ccccc1)c1cccc(c12)O4. The molecule has 7 rings (SSSR count). The maximum atomic E-state index is 7.77. The van der Waals surface area contributed by atoms with Gasteiger partial charge in [-0.25, -0.2) is 0 Å². The number of nitrogens with zero attached hydrogens (tertiary/aromatic N) is 1. The molecule has 0 atom stereocenters. The Morgan fingerprint density at radius 2 is 1.00 bits per heavy atom. The van der Waals surface area contributed by atoms with Gasteiger partial charge in [-0.3, -0.25) is 0 Å². The average Bonchev–Trinajstić information content (AvgIpc) is 2.74. The molecule has 6 heteroatoms. The van der Waals surface area contributed by atoms with E-state index in [4.69, 9.17) is 32.0 Å². The van der Waals surface area contributed by atoms with Gasteiger partial charge in [0.15, 0.2) is 0 Å². The molecule has 0 bridgehead atoms. The van der Waals surface area contributed by atoms with Gasteiger partial charge >= 0.3 is 183 Å². The fourth-order valence-corrected chi connectivity index (χ4v) is 11.8. The Bertz CT molecular complexity index is 1320. The summed E-state index contributed by atoms with van der Waals surface area (Å²) in [6.07, 6.45) is 0. The van der Waals surface area contributed by atoms with Crippen molar-refractivity contribution in [2.45, 2.75) is 0 Å². The van der Waals surface area contributed by atoms with E-state index >= 15 is 0 Å². The van der Waals surface area contributed by atoms with Crippen LogP contribution in [0.3, 0.4) is 0 Å². The predicted octanol–water partition coefficient (Wildman–Crippen LogP) is 6.82. The van der Waals surface area contributed by atoms with Crippen molar-refractivity contribution in [3.05, 3.63) is 84.9 Å². The molecular formula is C24H14Cl2NO2P. The maximum absolute atomic E-state index is 7.77. The summed E-state index contributed by atoms with van der Waals surface area (Å²) in [6.45, 7) is 0. The molecule has 30 heavy (non-hydrogen) atoms. The van der Waals surface area contributed by atoms with E-state index in [1.807, 2.05) is 60.7 Å². The second-order valence-electron chi connectivity index (χ2n) is 7.63. The summed E-state index contributed by atoms with van der Waals surface area (Å²) >= 11 is 15.5. The summed E-state index contributed by atoms with van der Waals surface area (Å²) in [5, 5.41) is -1.39. The summed E-state index contributed by atoms with van der Waals surface area (Å²) in [5.74, 6) is 2.72. The van der Waals surface area contributed by atoms with E-state index < -0.39 is 5.31 Å². The molecule has 3 aliphatic heterocycles. The van der Waals surface area contributed by atoms with Crippen molar-refractivity contribution in [1.82, 2.24) is 0 Å². The van der Waals surface area contributed by atoms with Gasteiger partial charge in [0.2, 0.25) is 0 Å². The van der Waals surface area contributed by atoms with Gasteiger partial charge in [0, 0.05) is 0 Å². The first-order valence-electron chi connectivity index (χ1n) is 9.64. The monoisotopic (exact) mass is 449 g/mol. The van der Waals surface area contributed by atoms with Crippen molar-refractivity contribution < 1.29 is 9.47 Å². The van der Waals surface area contributed by atoms with Gasteiger partial charge in [-0.05, 0) is 0 Å². The Morgan fingerprint density at radius 3 is 1.53 bits per heavy atom. The first-order valence-corrected chi connectivity index (χ1v) is 13.7. The predicted molar refractivity (Wildman–Crippen MR) is 125 cm³/mol. The van der Waals surface area contributed by atoms with E-state index in [0.29, 0.717) is 23.0 Å². The fraction of sp³-hybridized carbons (Fsp3) is 0. The molecular weight excluding hydrogens is 436 g/mol. The molecule has 0 radical (unpaired) electrons. The molecule has 4 aromatic rings. The number of hydrogen-bond acceptors (Lipinski definition) is 3. The molecule has 0 fully saturated rings. The van der Waals surface area contributed by atoms with Crippen LogP contribution in [0.1, 0.15) is 0 Å². The quantitative estimate of drug-likeness (QED) is 0.262. The van der Waals surface area contributed by atoms with Crippen molar-refractivity contribution >= 4 is 60.8 Å². The van der Waals surface area contributed by atoms with Crippen LogP contribution in [-0.4, -0.2) is 0 Å². The molecule has 146 valence electrons. The number of ether oxygens (including phenoxy) is 2. The van der Waals surface area contributed by atoms with Gasteiger partial charge < -0.3 is 0 Å². The number of rotatable bonds is 1. The van der Waals surface area contributed by atoms with E-state index in [0.717, 1.165) is 33.0 Å². The Labute approximate surface area is 182 Å². The summed E-state index contributed by atoms with van der Waals surface area (Å²) in [4.78, 5) is 2.19. The van der Waals surface area contributed by atoms with Crippen LogP contribution < -0.4 is 30.3 Å². The van der Waals surface area contributed by atoms with Crippen molar-refractivity contribution in [2.75, 3.05) is 4.90 Å². The molecule has 0 saturated heterocycles. The van der Waals surface area contributed by atoms with E-state index in [1.165, 1.54) is 0 Å². The number of anilines is 3. The third kappa shape index (κ3) is 1.79. The van der Waals surface area contributed by atoms with Crippen molar-refractivity contribution in [3.63, 3.8) is 0 Å². The van der Waals surface area contributed by atoms with Crippen molar-refractivity contribution in [1.29, 1.82) is 0 Å². The Balaban J connectivity index is 1.71. The Morgan fingerprint density at radius 1 is 0.533 bits per heavy atom. The fourth-order valence-electron chi connectivity index (χ4n) is 4.95. The topological polar surface area (TPSA) is 21.7 Å². The third-order valence-electron chi connectivity index (χ3n) is 6.03. The van der Waals surface area contributed by atoms with E-state index in [-0.39, 0.29) is 0 Å². The molecule has 3 nitrogen and oxygen atoms in total. The molecule has 0 N–H and O–H groups in total. The third-order valence-corrected chi connectivity index (χ3v) is 12.8. The van der Waals surface area contributed by atoms with Crippen LogP contribution >= 0.6 is 27.8 Å². The molecule has 3 heterocycles. The van der Waals surface area contributed by atoms with Crippen LogP contribution in [0.4, 0.5) is 17.1 Å². The second-order valence-corrected chi connectivity index (χ2v) is 15.4. The minimum absolute atomic E-state index is 0.661. The normalized spacial score (nSPS) is 18.9. The van der Waals surface area contributed by atoms with Gasteiger partial charge in [0.1, 0.15) is 0 Å². The van der Waals surface area contributed by atoms with Crippen LogP contribution in [0.15, 0.2) is 84.9 Å². The van der Waals surface area contributed by atoms with Crippen molar-refractivity contribution in [3.8, 4) is 23.0 Å². The zero-order valence-electron chi connectivity index (χ0n) is 15.5. The molecule has 0 spiro atoms. The molecule has 3 aliphatic rings. The zero-order chi connectivity index (χ0) is 20.1. The first-order chi connectivity index (χ1) is 14.6. The van der Waals surface area contributed by atoms with Crippen LogP contribution in [0, 0.1) is 0 Å². The Kier molecular flexibility index (Phi) is 3.01. The minimum atomic E-state index is -3.84. The standard InChI is InChI=1S/C24H14Cl2NO2P/c25-30(26)22-16-9-4-11-18(22)28-20-13-6-14-21(24(20)30)29-19-12-5-10-17(23(19)30)27(16)15-7-2-1-3-8-15/h1-14H. The van der Waals surface area contributed by atoms with Gasteiger partial charge in [-0.15, -0.1) is 0 Å². The average molecular weight is 450 g/mol. The molecule has 0 aliphatic carbocycles. The van der Waals surface area contributed by atoms with E-state index in [2.05, 4.69) is 29.2 Å². The Hall–Kier alpha value is -2.71. The number of benzene rings is 4. The van der Waals surface area contributed by atoms with Crippen LogP contribution in [0.2, 0.25) is 0 Å². The molecule has 0 saturated carbocycles. The van der Waals surface area contributed by atoms with Crippen LogP contribution in [-0.2, 0) is 0 Å². The van der Waals surface area contributed by atoms with Gasteiger partial charge in [-0.1, -0.05) is 0 Å². The first kappa shape index (κ1) is 17.0. The zero-order valence-corrected chi connectivity index (χ0v) is 18.0. The summed E-state index contributed by atoms with van der Waals surface area (Å²) in [7, 11) is 0. The molecule has 0 amide bonds. The van der Waals surface area contributed by atoms with Crippen LogP contribution in [0.25, 0.3) is 0 Å². The summed E-state index contributed by atoms with van der Waals surface area (Å²) in [6, 6.07) is 27.9. The summed E-state index contributed by atoms with van der Waals surface area (Å²) < 4.78 is 12.6.